The van der Waals surface area contributed by atoms with Gasteiger partial charge in [0.15, 0.2) is 0 Å². The molecule has 138 valence electrons. The molecule has 0 spiro atoms. The summed E-state index contributed by atoms with van der Waals surface area (Å²) in [6, 6.07) is 18.3. The molecule has 27 heavy (non-hydrogen) atoms. The van der Waals surface area contributed by atoms with Crippen molar-refractivity contribution >= 4 is 34.6 Å². The van der Waals surface area contributed by atoms with Gasteiger partial charge >= 0.3 is 6.03 Å². The van der Waals surface area contributed by atoms with Crippen LogP contribution in [0.1, 0.15) is 9.67 Å². The second-order valence-corrected chi connectivity index (χ2v) is 6.66. The number of nitrogens with one attached hydrogen (secondary N) is 3. The van der Waals surface area contributed by atoms with Gasteiger partial charge in [-0.15, -0.1) is 11.3 Å². The van der Waals surface area contributed by atoms with Crippen molar-refractivity contribution in [1.82, 2.24) is 5.32 Å². The largest absolute Gasteiger partial charge is 0.495 e. The molecule has 0 radical (unpaired) electrons. The van der Waals surface area contributed by atoms with Gasteiger partial charge in [0.05, 0.1) is 7.11 Å². The van der Waals surface area contributed by atoms with Crippen molar-refractivity contribution in [1.29, 1.82) is 0 Å². The topological polar surface area (TPSA) is 79.5 Å². The predicted molar refractivity (Wildman–Crippen MR) is 109 cm³/mol. The number of thiophene rings is 1. The molecule has 3 amide bonds. The third kappa shape index (κ3) is 4.45. The lowest BCUT2D eigenvalue weighted by Crippen LogP contribution is -2.24. The Morgan fingerprint density at radius 2 is 1.56 bits per heavy atom. The van der Waals surface area contributed by atoms with Crippen molar-refractivity contribution in [2.75, 3.05) is 24.8 Å². The summed E-state index contributed by atoms with van der Waals surface area (Å²) in [5.41, 5.74) is 2.29. The highest BCUT2D eigenvalue weighted by atomic mass is 32.1. The van der Waals surface area contributed by atoms with E-state index in [1.165, 1.54) is 11.3 Å². The van der Waals surface area contributed by atoms with Gasteiger partial charge in [-0.3, -0.25) is 4.79 Å². The van der Waals surface area contributed by atoms with Crippen LogP contribution in [0.2, 0.25) is 0 Å². The molecular weight excluding hydrogens is 362 g/mol. The van der Waals surface area contributed by atoms with Gasteiger partial charge < -0.3 is 20.7 Å². The first kappa shape index (κ1) is 18.5. The van der Waals surface area contributed by atoms with Crippen molar-refractivity contribution < 1.29 is 14.3 Å². The summed E-state index contributed by atoms with van der Waals surface area (Å²) in [4.78, 5) is 25.5. The number of hydrogen-bond acceptors (Lipinski definition) is 4. The Morgan fingerprint density at radius 3 is 2.15 bits per heavy atom. The molecule has 3 rings (SSSR count). The van der Waals surface area contributed by atoms with Gasteiger partial charge in [-0.25, -0.2) is 4.79 Å². The number of ether oxygens (including phenoxy) is 1. The Bertz CT molecular complexity index is 937. The molecular formula is C20H19N3O3S. The highest BCUT2D eigenvalue weighted by molar-refractivity contribution is 7.17. The average Bonchev–Trinajstić information content (AvgIpc) is 3.14. The van der Waals surface area contributed by atoms with E-state index in [2.05, 4.69) is 16.0 Å². The molecule has 3 aromatic rings. The molecule has 0 saturated heterocycles. The monoisotopic (exact) mass is 381 g/mol. The number of benzene rings is 2. The van der Waals surface area contributed by atoms with Crippen molar-refractivity contribution in [3.63, 3.8) is 0 Å². The molecule has 1 aromatic heterocycles. The molecule has 0 fully saturated rings. The zero-order valence-electron chi connectivity index (χ0n) is 14.9. The van der Waals surface area contributed by atoms with Crippen LogP contribution in [-0.2, 0) is 0 Å². The molecule has 3 N–H and O–H groups in total. The van der Waals surface area contributed by atoms with E-state index in [1.807, 2.05) is 36.4 Å². The highest BCUT2D eigenvalue weighted by Crippen LogP contribution is 2.36. The van der Waals surface area contributed by atoms with Crippen LogP contribution in [-0.4, -0.2) is 26.1 Å². The standard InChI is InChI=1S/C20H19N3O3S/c1-21-20(25)23-15-10-8-14(9-11-15)22-19(24)18-16(26-2)12-17(27-18)13-6-4-3-5-7-13/h3-12H,1-2H3,(H,22,24)(H2,21,23,25). The third-order valence-electron chi connectivity index (χ3n) is 3.81. The fourth-order valence-electron chi connectivity index (χ4n) is 2.45. The number of hydrogen-bond donors (Lipinski definition) is 3. The molecule has 0 atom stereocenters. The summed E-state index contributed by atoms with van der Waals surface area (Å²) < 4.78 is 5.38. The average molecular weight is 381 g/mol. The van der Waals surface area contributed by atoms with E-state index in [4.69, 9.17) is 4.74 Å². The van der Waals surface area contributed by atoms with Crippen LogP contribution in [0.5, 0.6) is 5.75 Å². The number of urea groups is 1. The van der Waals surface area contributed by atoms with Crippen molar-refractivity contribution in [2.24, 2.45) is 0 Å². The normalized spacial score (nSPS) is 10.1. The van der Waals surface area contributed by atoms with Crippen LogP contribution in [0.4, 0.5) is 16.2 Å². The summed E-state index contributed by atoms with van der Waals surface area (Å²) in [6.07, 6.45) is 0. The van der Waals surface area contributed by atoms with Crippen LogP contribution < -0.4 is 20.7 Å². The van der Waals surface area contributed by atoms with Crippen LogP contribution >= 0.6 is 11.3 Å². The Morgan fingerprint density at radius 1 is 0.926 bits per heavy atom. The maximum atomic E-state index is 12.7. The summed E-state index contributed by atoms with van der Waals surface area (Å²) in [5.74, 6) is 0.292. The van der Waals surface area contributed by atoms with Crippen LogP contribution in [0.25, 0.3) is 10.4 Å². The third-order valence-corrected chi connectivity index (χ3v) is 4.97. The lowest BCUT2D eigenvalue weighted by Gasteiger charge is -2.07. The van der Waals surface area contributed by atoms with E-state index >= 15 is 0 Å². The zero-order chi connectivity index (χ0) is 19.2. The van der Waals surface area contributed by atoms with Crippen LogP contribution in [0.15, 0.2) is 60.7 Å². The number of carbonyl (C=O) groups is 2. The number of rotatable bonds is 5. The molecule has 0 saturated carbocycles. The maximum absolute atomic E-state index is 12.7. The van der Waals surface area contributed by atoms with E-state index < -0.39 is 0 Å². The van der Waals surface area contributed by atoms with E-state index in [-0.39, 0.29) is 11.9 Å². The SMILES string of the molecule is CNC(=O)Nc1ccc(NC(=O)c2sc(-c3ccccc3)cc2OC)cc1. The lowest BCUT2D eigenvalue weighted by molar-refractivity contribution is 0.102. The molecule has 0 aliphatic carbocycles. The van der Waals surface area contributed by atoms with Gasteiger partial charge in [0.25, 0.3) is 5.91 Å². The van der Waals surface area contributed by atoms with E-state index in [0.29, 0.717) is 22.0 Å². The van der Waals surface area contributed by atoms with Gasteiger partial charge in [0, 0.05) is 23.3 Å². The molecule has 6 nitrogen and oxygen atoms in total. The molecule has 0 unspecified atom stereocenters. The Kier molecular flexibility index (Phi) is 5.73. The first-order valence-electron chi connectivity index (χ1n) is 8.24. The summed E-state index contributed by atoms with van der Waals surface area (Å²) in [6.45, 7) is 0. The quantitative estimate of drug-likeness (QED) is 0.612. The second kappa shape index (κ2) is 8.37. The minimum atomic E-state index is -0.302. The Balaban J connectivity index is 1.76. The van der Waals surface area contributed by atoms with Gasteiger partial charge in [0.2, 0.25) is 0 Å². The van der Waals surface area contributed by atoms with E-state index in [1.54, 1.807) is 38.4 Å². The van der Waals surface area contributed by atoms with Crippen LogP contribution in [0, 0.1) is 0 Å². The van der Waals surface area contributed by atoms with Gasteiger partial charge in [-0.2, -0.15) is 0 Å². The van der Waals surface area contributed by atoms with Gasteiger partial charge in [0.1, 0.15) is 10.6 Å². The van der Waals surface area contributed by atoms with Gasteiger partial charge in [-0.05, 0) is 35.9 Å². The maximum Gasteiger partial charge on any atom is 0.318 e. The van der Waals surface area contributed by atoms with Crippen molar-refractivity contribution in [3.05, 3.63) is 65.5 Å². The first-order chi connectivity index (χ1) is 13.1. The number of methoxy groups -OCH3 is 1. The fraction of sp³-hybridized carbons (Fsp3) is 0.100. The van der Waals surface area contributed by atoms with Crippen molar-refractivity contribution in [2.45, 2.75) is 0 Å². The van der Waals surface area contributed by atoms with E-state index in [9.17, 15) is 9.59 Å². The molecule has 0 bridgehead atoms. The highest BCUT2D eigenvalue weighted by Gasteiger charge is 2.18. The molecule has 0 aliphatic heterocycles. The van der Waals surface area contributed by atoms with E-state index in [0.717, 1.165) is 10.4 Å². The minimum absolute atomic E-state index is 0.244. The summed E-state index contributed by atoms with van der Waals surface area (Å²) >= 11 is 1.38. The Labute approximate surface area is 161 Å². The molecule has 2 aromatic carbocycles. The molecule has 0 aliphatic rings. The first-order valence-corrected chi connectivity index (χ1v) is 9.05. The summed E-state index contributed by atoms with van der Waals surface area (Å²) in [7, 11) is 3.09. The van der Waals surface area contributed by atoms with Gasteiger partial charge in [-0.1, -0.05) is 30.3 Å². The number of anilines is 2. The second-order valence-electron chi connectivity index (χ2n) is 5.61. The smallest absolute Gasteiger partial charge is 0.318 e. The zero-order valence-corrected chi connectivity index (χ0v) is 15.7. The van der Waals surface area contributed by atoms with Crippen LogP contribution in [0.3, 0.4) is 0 Å². The predicted octanol–water partition coefficient (Wildman–Crippen LogP) is 4.43. The Hall–Kier alpha value is -3.32. The number of carbonyl (C=O) groups excluding carboxylic acids is 2. The minimum Gasteiger partial charge on any atom is -0.495 e. The lowest BCUT2D eigenvalue weighted by atomic mass is 10.2. The number of amides is 3. The molecule has 1 heterocycles. The van der Waals surface area contributed by atoms with Crippen molar-refractivity contribution in [3.8, 4) is 16.2 Å². The fourth-order valence-corrected chi connectivity index (χ4v) is 3.47. The molecule has 7 heteroatoms. The summed E-state index contributed by atoms with van der Waals surface area (Å²) in [5, 5.41) is 8.00.